The molecule has 0 N–H and O–H groups in total. The summed E-state index contributed by atoms with van der Waals surface area (Å²) in [5.74, 6) is 1.23. The molecule has 18 heavy (non-hydrogen) atoms. The second-order valence-corrected chi connectivity index (χ2v) is 5.84. The molecule has 1 aromatic carbocycles. The average molecular weight is 242 g/mol. The van der Waals surface area contributed by atoms with Crippen molar-refractivity contribution in [1.29, 1.82) is 0 Å². The Kier molecular flexibility index (Phi) is 3.03. The molecule has 0 aromatic heterocycles. The molecule has 2 atom stereocenters. The standard InChI is InChI=1S/C17H22O/c1-4-13-14-8-6-5-7-12(14)9-15-16(13)10-18-17(15)11(2)3/h5-8,11,15,17H,4,9-10H2,1-3H3/t15-,17+/m1/s1. The summed E-state index contributed by atoms with van der Waals surface area (Å²) < 4.78 is 6.07. The van der Waals surface area contributed by atoms with E-state index >= 15 is 0 Å². The zero-order valence-corrected chi connectivity index (χ0v) is 11.6. The summed E-state index contributed by atoms with van der Waals surface area (Å²) in [5.41, 5.74) is 6.11. The molecule has 1 aliphatic carbocycles. The van der Waals surface area contributed by atoms with Crippen molar-refractivity contribution in [3.05, 3.63) is 41.0 Å². The van der Waals surface area contributed by atoms with Crippen molar-refractivity contribution < 1.29 is 4.74 Å². The third-order valence-corrected chi connectivity index (χ3v) is 4.46. The molecule has 1 aliphatic heterocycles. The molecule has 0 saturated carbocycles. The van der Waals surface area contributed by atoms with Crippen LogP contribution in [0, 0.1) is 11.8 Å². The molecule has 1 heteroatoms. The second-order valence-electron chi connectivity index (χ2n) is 5.84. The molecular formula is C17H22O. The van der Waals surface area contributed by atoms with Gasteiger partial charge in [0.2, 0.25) is 0 Å². The van der Waals surface area contributed by atoms with E-state index in [1.54, 1.807) is 11.1 Å². The Balaban J connectivity index is 2.08. The molecule has 0 spiro atoms. The number of rotatable bonds is 2. The lowest BCUT2D eigenvalue weighted by molar-refractivity contribution is 0.0542. The molecule has 1 saturated heterocycles. The lowest BCUT2D eigenvalue weighted by atomic mass is 9.75. The predicted octanol–water partition coefficient (Wildman–Crippen LogP) is 4.08. The van der Waals surface area contributed by atoms with E-state index in [9.17, 15) is 0 Å². The van der Waals surface area contributed by atoms with E-state index in [1.807, 2.05) is 0 Å². The van der Waals surface area contributed by atoms with Gasteiger partial charge < -0.3 is 4.74 Å². The smallest absolute Gasteiger partial charge is 0.0690 e. The molecule has 1 heterocycles. The molecule has 1 nitrogen and oxygen atoms in total. The third-order valence-electron chi connectivity index (χ3n) is 4.46. The predicted molar refractivity (Wildman–Crippen MR) is 75.4 cm³/mol. The van der Waals surface area contributed by atoms with Gasteiger partial charge >= 0.3 is 0 Å². The summed E-state index contributed by atoms with van der Waals surface area (Å²) >= 11 is 0. The van der Waals surface area contributed by atoms with E-state index in [2.05, 4.69) is 45.0 Å². The van der Waals surface area contributed by atoms with Crippen LogP contribution in [0.4, 0.5) is 0 Å². The highest BCUT2D eigenvalue weighted by molar-refractivity contribution is 5.74. The van der Waals surface area contributed by atoms with E-state index in [1.165, 1.54) is 11.1 Å². The van der Waals surface area contributed by atoms with Crippen LogP contribution in [0.5, 0.6) is 0 Å². The van der Waals surface area contributed by atoms with E-state index in [0.717, 1.165) is 19.4 Å². The van der Waals surface area contributed by atoms with Crippen molar-refractivity contribution >= 4 is 5.57 Å². The largest absolute Gasteiger partial charge is 0.373 e. The van der Waals surface area contributed by atoms with Crippen molar-refractivity contribution in [3.8, 4) is 0 Å². The van der Waals surface area contributed by atoms with Crippen LogP contribution in [-0.4, -0.2) is 12.7 Å². The molecule has 2 aliphatic rings. The monoisotopic (exact) mass is 242 g/mol. The van der Waals surface area contributed by atoms with E-state index < -0.39 is 0 Å². The minimum absolute atomic E-state index is 0.412. The second kappa shape index (κ2) is 4.55. The minimum atomic E-state index is 0.412. The first-order valence-corrected chi connectivity index (χ1v) is 7.14. The molecule has 0 unspecified atom stereocenters. The topological polar surface area (TPSA) is 9.23 Å². The Morgan fingerprint density at radius 2 is 2.06 bits per heavy atom. The van der Waals surface area contributed by atoms with Gasteiger partial charge in [0.25, 0.3) is 0 Å². The summed E-state index contributed by atoms with van der Waals surface area (Å²) in [7, 11) is 0. The van der Waals surface area contributed by atoms with Crippen LogP contribution in [0.15, 0.2) is 29.8 Å². The summed E-state index contributed by atoms with van der Waals surface area (Å²) in [5, 5.41) is 0. The summed E-state index contributed by atoms with van der Waals surface area (Å²) in [6.45, 7) is 7.68. The van der Waals surface area contributed by atoms with Gasteiger partial charge in [-0.1, -0.05) is 45.0 Å². The first kappa shape index (κ1) is 12.0. The fourth-order valence-corrected chi connectivity index (χ4v) is 3.63. The Morgan fingerprint density at radius 3 is 2.78 bits per heavy atom. The number of hydrogen-bond acceptors (Lipinski definition) is 1. The number of allylic oxidation sites excluding steroid dienone is 1. The minimum Gasteiger partial charge on any atom is -0.373 e. The van der Waals surface area contributed by atoms with Crippen LogP contribution in [0.3, 0.4) is 0 Å². The summed E-state index contributed by atoms with van der Waals surface area (Å²) in [4.78, 5) is 0. The molecule has 1 fully saturated rings. The van der Waals surface area contributed by atoms with Crippen LogP contribution in [0.2, 0.25) is 0 Å². The van der Waals surface area contributed by atoms with Gasteiger partial charge in [0.15, 0.2) is 0 Å². The summed E-state index contributed by atoms with van der Waals surface area (Å²) in [6.07, 6.45) is 2.70. The fourth-order valence-electron chi connectivity index (χ4n) is 3.63. The summed E-state index contributed by atoms with van der Waals surface area (Å²) in [6, 6.07) is 8.89. The van der Waals surface area contributed by atoms with Gasteiger partial charge in [-0.15, -0.1) is 0 Å². The number of fused-ring (bicyclic) bond motifs is 2. The number of benzene rings is 1. The maximum Gasteiger partial charge on any atom is 0.0690 e. The van der Waals surface area contributed by atoms with Crippen molar-refractivity contribution in [1.82, 2.24) is 0 Å². The first-order chi connectivity index (χ1) is 8.72. The maximum absolute atomic E-state index is 6.07. The quantitative estimate of drug-likeness (QED) is 0.759. The molecular weight excluding hydrogens is 220 g/mol. The molecule has 96 valence electrons. The lowest BCUT2D eigenvalue weighted by Gasteiger charge is -2.29. The third kappa shape index (κ3) is 1.73. The lowest BCUT2D eigenvalue weighted by Crippen LogP contribution is -2.27. The number of ether oxygens (including phenoxy) is 1. The van der Waals surface area contributed by atoms with Crippen molar-refractivity contribution in [2.24, 2.45) is 11.8 Å². The maximum atomic E-state index is 6.07. The zero-order chi connectivity index (χ0) is 12.7. The van der Waals surface area contributed by atoms with E-state index in [4.69, 9.17) is 4.74 Å². The van der Waals surface area contributed by atoms with Crippen molar-refractivity contribution in [2.45, 2.75) is 39.7 Å². The molecule has 0 radical (unpaired) electrons. The first-order valence-electron chi connectivity index (χ1n) is 7.14. The fraction of sp³-hybridized carbons (Fsp3) is 0.529. The van der Waals surface area contributed by atoms with E-state index in [0.29, 0.717) is 17.9 Å². The van der Waals surface area contributed by atoms with Gasteiger partial charge in [0.05, 0.1) is 12.7 Å². The van der Waals surface area contributed by atoms with Gasteiger partial charge in [-0.05, 0) is 41.0 Å². The Morgan fingerprint density at radius 1 is 1.28 bits per heavy atom. The van der Waals surface area contributed by atoms with E-state index in [-0.39, 0.29) is 0 Å². The normalized spacial score (nSPS) is 26.4. The average Bonchev–Trinajstić information content (AvgIpc) is 2.79. The van der Waals surface area contributed by atoms with Crippen molar-refractivity contribution in [3.63, 3.8) is 0 Å². The van der Waals surface area contributed by atoms with Crippen LogP contribution >= 0.6 is 0 Å². The Bertz CT molecular complexity index is 484. The molecule has 3 rings (SSSR count). The van der Waals surface area contributed by atoms with Gasteiger partial charge in [-0.2, -0.15) is 0 Å². The highest BCUT2D eigenvalue weighted by Gasteiger charge is 2.38. The van der Waals surface area contributed by atoms with Gasteiger partial charge in [0, 0.05) is 5.92 Å². The number of hydrogen-bond donors (Lipinski definition) is 0. The van der Waals surface area contributed by atoms with Crippen molar-refractivity contribution in [2.75, 3.05) is 6.61 Å². The van der Waals surface area contributed by atoms with Gasteiger partial charge in [-0.3, -0.25) is 0 Å². The van der Waals surface area contributed by atoms with Gasteiger partial charge in [-0.25, -0.2) is 0 Å². The highest BCUT2D eigenvalue weighted by Crippen LogP contribution is 2.43. The van der Waals surface area contributed by atoms with Gasteiger partial charge in [0.1, 0.15) is 0 Å². The Labute approximate surface area is 110 Å². The zero-order valence-electron chi connectivity index (χ0n) is 11.6. The van der Waals surface area contributed by atoms with Crippen LogP contribution in [0.25, 0.3) is 5.57 Å². The SMILES string of the molecule is CCC1=C2CO[C@@H](C(C)C)[C@@H]2Cc2ccccc21. The van der Waals surface area contributed by atoms with Crippen LogP contribution < -0.4 is 0 Å². The molecule has 0 bridgehead atoms. The Hall–Kier alpha value is -1.08. The highest BCUT2D eigenvalue weighted by atomic mass is 16.5. The van der Waals surface area contributed by atoms with Crippen LogP contribution in [0.1, 0.15) is 38.3 Å². The molecule has 1 aromatic rings. The molecule has 0 amide bonds. The van der Waals surface area contributed by atoms with Crippen LogP contribution in [-0.2, 0) is 11.2 Å².